The number of benzene rings is 1. The summed E-state index contributed by atoms with van der Waals surface area (Å²) in [4.78, 5) is 10.3. The van der Waals surface area contributed by atoms with Gasteiger partial charge in [-0.05, 0) is 34.5 Å². The molecular weight excluding hydrogens is 288 g/mol. The monoisotopic (exact) mass is 302 g/mol. The molecule has 0 aromatic heterocycles. The Morgan fingerprint density at radius 3 is 2.94 bits per heavy atom. The Hall–Kier alpha value is -0.980. The predicted molar refractivity (Wildman–Crippen MR) is 69.0 cm³/mol. The van der Waals surface area contributed by atoms with Gasteiger partial charge in [0.25, 0.3) is 5.69 Å². The van der Waals surface area contributed by atoms with Crippen LogP contribution in [-0.4, -0.2) is 25.2 Å². The summed E-state index contributed by atoms with van der Waals surface area (Å²) >= 11 is 3.26. The number of nitro groups is 1. The average molecular weight is 303 g/mol. The maximum Gasteiger partial charge on any atom is 0.283 e. The Morgan fingerprint density at radius 2 is 2.29 bits per heavy atom. The van der Waals surface area contributed by atoms with Gasteiger partial charge >= 0.3 is 0 Å². The summed E-state index contributed by atoms with van der Waals surface area (Å²) in [5, 5.41) is 13.9. The van der Waals surface area contributed by atoms with Crippen LogP contribution in [0.15, 0.2) is 22.7 Å². The first-order valence-electron chi connectivity index (χ1n) is 5.28. The highest BCUT2D eigenvalue weighted by atomic mass is 79.9. The molecule has 1 N–H and O–H groups in total. The van der Waals surface area contributed by atoms with Crippen molar-refractivity contribution in [3.63, 3.8) is 0 Å². The molecule has 0 aliphatic carbocycles. The largest absolute Gasteiger partial charge is 0.385 e. The van der Waals surface area contributed by atoms with E-state index in [1.54, 1.807) is 13.2 Å². The number of hydrogen-bond donors (Lipinski definition) is 1. The van der Waals surface area contributed by atoms with Gasteiger partial charge in [0.2, 0.25) is 0 Å². The fraction of sp³-hybridized carbons (Fsp3) is 0.455. The molecule has 0 saturated carbocycles. The van der Waals surface area contributed by atoms with Gasteiger partial charge in [-0.25, -0.2) is 0 Å². The third-order valence-corrected chi connectivity index (χ3v) is 3.19. The molecule has 0 aliphatic rings. The number of nitrogens with zero attached hydrogens (tertiary/aromatic N) is 1. The number of methoxy groups -OCH3 is 1. The number of rotatable bonds is 7. The molecule has 0 radical (unpaired) electrons. The van der Waals surface area contributed by atoms with Crippen LogP contribution in [0, 0.1) is 10.1 Å². The van der Waals surface area contributed by atoms with E-state index < -0.39 is 4.92 Å². The molecule has 1 aromatic rings. The van der Waals surface area contributed by atoms with Crippen LogP contribution in [0.3, 0.4) is 0 Å². The van der Waals surface area contributed by atoms with Crippen LogP contribution in [0.25, 0.3) is 0 Å². The highest BCUT2D eigenvalue weighted by molar-refractivity contribution is 9.10. The van der Waals surface area contributed by atoms with Gasteiger partial charge in [-0.1, -0.05) is 12.1 Å². The van der Waals surface area contributed by atoms with Crippen molar-refractivity contribution >= 4 is 21.6 Å². The van der Waals surface area contributed by atoms with Crippen molar-refractivity contribution < 1.29 is 9.66 Å². The van der Waals surface area contributed by atoms with Crippen molar-refractivity contribution in [1.82, 2.24) is 5.32 Å². The van der Waals surface area contributed by atoms with Crippen molar-refractivity contribution in [2.24, 2.45) is 0 Å². The Bertz CT molecular complexity index is 385. The molecule has 94 valence electrons. The quantitative estimate of drug-likeness (QED) is 0.477. The van der Waals surface area contributed by atoms with Gasteiger partial charge in [0, 0.05) is 26.3 Å². The third-order valence-electron chi connectivity index (χ3n) is 2.27. The molecule has 17 heavy (non-hydrogen) atoms. The van der Waals surface area contributed by atoms with Crippen LogP contribution >= 0.6 is 15.9 Å². The Labute approximate surface area is 108 Å². The number of nitrogens with one attached hydrogen (secondary N) is 1. The first kappa shape index (κ1) is 14.1. The lowest BCUT2D eigenvalue weighted by Crippen LogP contribution is -2.16. The number of hydrogen-bond acceptors (Lipinski definition) is 4. The second-order valence-corrected chi connectivity index (χ2v) is 4.32. The van der Waals surface area contributed by atoms with Crippen LogP contribution < -0.4 is 5.32 Å². The summed E-state index contributed by atoms with van der Waals surface area (Å²) in [5.41, 5.74) is 0.984. The van der Waals surface area contributed by atoms with E-state index in [1.807, 2.05) is 6.07 Å². The van der Waals surface area contributed by atoms with Gasteiger partial charge < -0.3 is 10.1 Å². The van der Waals surface area contributed by atoms with Crippen LogP contribution in [-0.2, 0) is 11.3 Å². The van der Waals surface area contributed by atoms with Crippen molar-refractivity contribution in [3.8, 4) is 0 Å². The lowest BCUT2D eigenvalue weighted by molar-refractivity contribution is -0.385. The van der Waals surface area contributed by atoms with Gasteiger partial charge in [0.15, 0.2) is 0 Å². The minimum absolute atomic E-state index is 0.0983. The molecule has 0 saturated heterocycles. The van der Waals surface area contributed by atoms with Crippen molar-refractivity contribution in [2.75, 3.05) is 20.3 Å². The topological polar surface area (TPSA) is 64.4 Å². The molecule has 1 aromatic carbocycles. The molecule has 6 heteroatoms. The van der Waals surface area contributed by atoms with Gasteiger partial charge in [0.1, 0.15) is 0 Å². The van der Waals surface area contributed by atoms with Crippen LogP contribution in [0.5, 0.6) is 0 Å². The van der Waals surface area contributed by atoms with E-state index in [1.165, 1.54) is 6.07 Å². The molecule has 0 bridgehead atoms. The van der Waals surface area contributed by atoms with E-state index in [9.17, 15) is 10.1 Å². The van der Waals surface area contributed by atoms with E-state index in [2.05, 4.69) is 21.2 Å². The minimum atomic E-state index is -0.390. The molecule has 0 amide bonds. The molecule has 0 fully saturated rings. The maximum absolute atomic E-state index is 10.7. The second-order valence-electron chi connectivity index (χ2n) is 3.53. The van der Waals surface area contributed by atoms with E-state index >= 15 is 0 Å². The molecule has 5 nitrogen and oxygen atoms in total. The van der Waals surface area contributed by atoms with Crippen molar-refractivity contribution in [3.05, 3.63) is 38.3 Å². The summed E-state index contributed by atoms with van der Waals surface area (Å²) in [6.07, 6.45) is 0.920. The van der Waals surface area contributed by atoms with Gasteiger partial charge in [0.05, 0.1) is 9.40 Å². The van der Waals surface area contributed by atoms with Crippen molar-refractivity contribution in [1.29, 1.82) is 0 Å². The van der Waals surface area contributed by atoms with E-state index in [-0.39, 0.29) is 5.69 Å². The fourth-order valence-corrected chi connectivity index (χ4v) is 1.96. The number of nitro benzene ring substituents is 1. The van der Waals surface area contributed by atoms with E-state index in [4.69, 9.17) is 4.74 Å². The lowest BCUT2D eigenvalue weighted by Gasteiger charge is -2.06. The zero-order valence-electron chi connectivity index (χ0n) is 9.61. The predicted octanol–water partition coefficient (Wildman–Crippen LogP) is 2.48. The molecular formula is C11H15BrN2O3. The molecule has 0 aliphatic heterocycles. The number of halogens is 1. The molecule has 0 atom stereocenters. The number of ether oxygens (including phenoxy) is 1. The summed E-state index contributed by atoms with van der Waals surface area (Å²) in [6, 6.07) is 5.04. The second kappa shape index (κ2) is 7.37. The zero-order chi connectivity index (χ0) is 12.7. The molecule has 1 rings (SSSR count). The minimum Gasteiger partial charge on any atom is -0.385 e. The average Bonchev–Trinajstić information content (AvgIpc) is 2.30. The normalized spacial score (nSPS) is 10.5. The summed E-state index contributed by atoms with van der Waals surface area (Å²) in [6.45, 7) is 2.14. The first-order chi connectivity index (χ1) is 8.16. The van der Waals surface area contributed by atoms with Crippen LogP contribution in [0.1, 0.15) is 12.0 Å². The first-order valence-corrected chi connectivity index (χ1v) is 6.07. The summed E-state index contributed by atoms with van der Waals surface area (Å²) < 4.78 is 5.48. The van der Waals surface area contributed by atoms with Gasteiger partial charge in [-0.15, -0.1) is 0 Å². The molecule has 0 heterocycles. The third kappa shape index (κ3) is 4.41. The standard InChI is InChI=1S/C11H15BrN2O3/c1-17-7-3-6-13-8-9-4-2-5-10(11(9)12)14(15)16/h2,4-5,13H,3,6-8H2,1H3. The highest BCUT2D eigenvalue weighted by Gasteiger charge is 2.13. The Kier molecular flexibility index (Phi) is 6.10. The highest BCUT2D eigenvalue weighted by Crippen LogP contribution is 2.27. The van der Waals surface area contributed by atoms with Crippen LogP contribution in [0.4, 0.5) is 5.69 Å². The van der Waals surface area contributed by atoms with Gasteiger partial charge in [-0.3, -0.25) is 10.1 Å². The fourth-order valence-electron chi connectivity index (χ4n) is 1.41. The molecule has 0 unspecified atom stereocenters. The summed E-state index contributed by atoms with van der Waals surface area (Å²) in [5.74, 6) is 0. The summed E-state index contributed by atoms with van der Waals surface area (Å²) in [7, 11) is 1.66. The van der Waals surface area contributed by atoms with E-state index in [0.29, 0.717) is 17.6 Å². The van der Waals surface area contributed by atoms with Crippen molar-refractivity contribution in [2.45, 2.75) is 13.0 Å². The molecule has 0 spiro atoms. The Morgan fingerprint density at radius 1 is 1.53 bits per heavy atom. The lowest BCUT2D eigenvalue weighted by atomic mass is 10.2. The SMILES string of the molecule is COCCCNCc1cccc([N+](=O)[O-])c1Br. The smallest absolute Gasteiger partial charge is 0.283 e. The van der Waals surface area contributed by atoms with E-state index in [0.717, 1.165) is 18.5 Å². The zero-order valence-corrected chi connectivity index (χ0v) is 11.2. The Balaban J connectivity index is 2.54. The van der Waals surface area contributed by atoms with Gasteiger partial charge in [-0.2, -0.15) is 0 Å². The maximum atomic E-state index is 10.7. The van der Waals surface area contributed by atoms with Crippen LogP contribution in [0.2, 0.25) is 0 Å².